The average Bonchev–Trinajstić information content (AvgIpc) is 2.47. The summed E-state index contributed by atoms with van der Waals surface area (Å²) >= 11 is 0. The largest absolute Gasteiger partial charge is 0.497 e. The van der Waals surface area contributed by atoms with Crippen LogP contribution in [0.2, 0.25) is 0 Å². The molecule has 1 unspecified atom stereocenters. The molecule has 1 aliphatic rings. The Hall–Kier alpha value is -1.06. The summed E-state index contributed by atoms with van der Waals surface area (Å²) in [6.07, 6.45) is 5.20. The van der Waals surface area contributed by atoms with Crippen LogP contribution in [0.15, 0.2) is 24.3 Å². The molecule has 1 atom stereocenters. The molecular formula is C18H30N2O. The van der Waals surface area contributed by atoms with Gasteiger partial charge in [-0.05, 0) is 55.8 Å². The highest BCUT2D eigenvalue weighted by molar-refractivity contribution is 5.30. The number of rotatable bonds is 5. The van der Waals surface area contributed by atoms with Gasteiger partial charge in [0.2, 0.25) is 0 Å². The minimum absolute atomic E-state index is 0.0417. The number of likely N-dealkylation sites (N-methyl/N-ethyl adjacent to an activating group) is 1. The maximum absolute atomic E-state index is 6.38. The Balaban J connectivity index is 1.91. The first-order valence-corrected chi connectivity index (χ1v) is 8.01. The molecule has 1 fully saturated rings. The first-order chi connectivity index (χ1) is 9.91. The number of nitrogens with two attached hydrogens (primary N) is 1. The van der Waals surface area contributed by atoms with E-state index in [0.29, 0.717) is 11.5 Å². The SMILES string of the molecule is COc1cccc(C(N)CN(C)C2CCC(C)(C)CC2)c1. The highest BCUT2D eigenvalue weighted by atomic mass is 16.5. The summed E-state index contributed by atoms with van der Waals surface area (Å²) in [6, 6.07) is 8.82. The van der Waals surface area contributed by atoms with Gasteiger partial charge in [0.25, 0.3) is 0 Å². The molecule has 2 N–H and O–H groups in total. The van der Waals surface area contributed by atoms with Crippen LogP contribution in [0.4, 0.5) is 0 Å². The molecular weight excluding hydrogens is 260 g/mol. The molecule has 1 saturated carbocycles. The van der Waals surface area contributed by atoms with Crippen LogP contribution in [0.1, 0.15) is 51.1 Å². The van der Waals surface area contributed by atoms with Crippen LogP contribution in [0.25, 0.3) is 0 Å². The number of hydrogen-bond acceptors (Lipinski definition) is 3. The topological polar surface area (TPSA) is 38.5 Å². The number of benzene rings is 1. The molecule has 0 aromatic heterocycles. The van der Waals surface area contributed by atoms with Crippen molar-refractivity contribution in [2.24, 2.45) is 11.1 Å². The number of methoxy groups -OCH3 is 1. The molecule has 21 heavy (non-hydrogen) atoms. The summed E-state index contributed by atoms with van der Waals surface area (Å²) in [5.74, 6) is 0.880. The first kappa shape index (κ1) is 16.3. The van der Waals surface area contributed by atoms with Gasteiger partial charge in [0.05, 0.1) is 7.11 Å². The van der Waals surface area contributed by atoms with Crippen molar-refractivity contribution in [2.75, 3.05) is 20.7 Å². The highest BCUT2D eigenvalue weighted by Gasteiger charge is 2.29. The maximum atomic E-state index is 6.38. The standard InChI is InChI=1S/C18H30N2O/c1-18(2)10-8-15(9-11-18)20(3)13-17(19)14-6-5-7-16(12-14)21-4/h5-7,12,15,17H,8-11,13,19H2,1-4H3. The van der Waals surface area contributed by atoms with Crippen molar-refractivity contribution in [1.29, 1.82) is 0 Å². The molecule has 1 aromatic rings. The van der Waals surface area contributed by atoms with Crippen LogP contribution in [-0.2, 0) is 0 Å². The predicted octanol–water partition coefficient (Wildman–Crippen LogP) is 3.60. The molecule has 0 saturated heterocycles. The molecule has 2 rings (SSSR count). The van der Waals surface area contributed by atoms with E-state index >= 15 is 0 Å². The van der Waals surface area contributed by atoms with Gasteiger partial charge in [0.1, 0.15) is 5.75 Å². The normalized spacial score (nSPS) is 20.5. The number of nitrogens with zero attached hydrogens (tertiary/aromatic N) is 1. The summed E-state index contributed by atoms with van der Waals surface area (Å²) in [5.41, 5.74) is 8.05. The molecule has 118 valence electrons. The summed E-state index contributed by atoms with van der Waals surface area (Å²) in [5, 5.41) is 0. The zero-order chi connectivity index (χ0) is 15.5. The van der Waals surface area contributed by atoms with Gasteiger partial charge in [0.15, 0.2) is 0 Å². The van der Waals surface area contributed by atoms with Gasteiger partial charge >= 0.3 is 0 Å². The van der Waals surface area contributed by atoms with Gasteiger partial charge in [-0.1, -0.05) is 26.0 Å². The van der Waals surface area contributed by atoms with Crippen molar-refractivity contribution >= 4 is 0 Å². The van der Waals surface area contributed by atoms with Crippen molar-refractivity contribution in [3.8, 4) is 5.75 Å². The van der Waals surface area contributed by atoms with E-state index in [9.17, 15) is 0 Å². The molecule has 0 heterocycles. The molecule has 0 aliphatic heterocycles. The molecule has 3 heteroatoms. The summed E-state index contributed by atoms with van der Waals surface area (Å²) < 4.78 is 5.28. The summed E-state index contributed by atoms with van der Waals surface area (Å²) in [6.45, 7) is 5.66. The van der Waals surface area contributed by atoms with Crippen molar-refractivity contribution in [3.63, 3.8) is 0 Å². The zero-order valence-corrected chi connectivity index (χ0v) is 13.9. The smallest absolute Gasteiger partial charge is 0.119 e. The van der Waals surface area contributed by atoms with Gasteiger partial charge in [-0.15, -0.1) is 0 Å². The molecule has 0 spiro atoms. The predicted molar refractivity (Wildman–Crippen MR) is 88.6 cm³/mol. The summed E-state index contributed by atoms with van der Waals surface area (Å²) in [7, 11) is 3.91. The van der Waals surface area contributed by atoms with Crippen molar-refractivity contribution < 1.29 is 4.74 Å². The third-order valence-corrected chi connectivity index (χ3v) is 4.94. The van der Waals surface area contributed by atoms with Crippen LogP contribution < -0.4 is 10.5 Å². The lowest BCUT2D eigenvalue weighted by Gasteiger charge is -2.39. The van der Waals surface area contributed by atoms with Gasteiger partial charge in [0, 0.05) is 18.6 Å². The van der Waals surface area contributed by atoms with E-state index in [1.807, 2.05) is 18.2 Å². The van der Waals surface area contributed by atoms with Crippen LogP contribution in [-0.4, -0.2) is 31.6 Å². The Kier molecular flexibility index (Phi) is 5.28. The Morgan fingerprint density at radius 2 is 2.00 bits per heavy atom. The van der Waals surface area contributed by atoms with Crippen LogP contribution in [0, 0.1) is 5.41 Å². The Morgan fingerprint density at radius 3 is 2.62 bits per heavy atom. The fourth-order valence-electron chi connectivity index (χ4n) is 3.26. The minimum Gasteiger partial charge on any atom is -0.497 e. The zero-order valence-electron chi connectivity index (χ0n) is 13.9. The van der Waals surface area contributed by atoms with E-state index in [0.717, 1.165) is 17.9 Å². The second-order valence-corrected chi connectivity index (χ2v) is 7.22. The lowest BCUT2D eigenvalue weighted by atomic mass is 9.75. The van der Waals surface area contributed by atoms with Gasteiger partial charge in [-0.3, -0.25) is 0 Å². The Bertz CT molecular complexity index is 448. The lowest BCUT2D eigenvalue weighted by molar-refractivity contribution is 0.123. The van der Waals surface area contributed by atoms with E-state index in [4.69, 9.17) is 10.5 Å². The second-order valence-electron chi connectivity index (χ2n) is 7.22. The molecule has 1 aliphatic carbocycles. The monoisotopic (exact) mass is 290 g/mol. The molecule has 0 bridgehead atoms. The van der Waals surface area contributed by atoms with E-state index in [1.54, 1.807) is 7.11 Å². The van der Waals surface area contributed by atoms with E-state index in [-0.39, 0.29) is 6.04 Å². The fraction of sp³-hybridized carbons (Fsp3) is 0.667. The van der Waals surface area contributed by atoms with E-state index in [1.165, 1.54) is 25.7 Å². The number of ether oxygens (including phenoxy) is 1. The average molecular weight is 290 g/mol. The molecule has 1 aromatic carbocycles. The van der Waals surface area contributed by atoms with Gasteiger partial charge < -0.3 is 15.4 Å². The van der Waals surface area contributed by atoms with Crippen molar-refractivity contribution in [3.05, 3.63) is 29.8 Å². The van der Waals surface area contributed by atoms with Gasteiger partial charge in [-0.25, -0.2) is 0 Å². The molecule has 0 amide bonds. The third kappa shape index (κ3) is 4.45. The lowest BCUT2D eigenvalue weighted by Crippen LogP contribution is -2.40. The second kappa shape index (κ2) is 6.80. The maximum Gasteiger partial charge on any atom is 0.119 e. The van der Waals surface area contributed by atoms with Crippen LogP contribution in [0.3, 0.4) is 0 Å². The van der Waals surface area contributed by atoms with E-state index in [2.05, 4.69) is 31.9 Å². The van der Waals surface area contributed by atoms with Gasteiger partial charge in [-0.2, -0.15) is 0 Å². The molecule has 0 radical (unpaired) electrons. The quantitative estimate of drug-likeness (QED) is 0.900. The third-order valence-electron chi connectivity index (χ3n) is 4.94. The summed E-state index contributed by atoms with van der Waals surface area (Å²) in [4.78, 5) is 2.44. The van der Waals surface area contributed by atoms with Crippen molar-refractivity contribution in [2.45, 2.75) is 51.6 Å². The highest BCUT2D eigenvalue weighted by Crippen LogP contribution is 2.36. The van der Waals surface area contributed by atoms with E-state index < -0.39 is 0 Å². The Labute approximate surface area is 129 Å². The minimum atomic E-state index is 0.0417. The fourth-order valence-corrected chi connectivity index (χ4v) is 3.26. The van der Waals surface area contributed by atoms with Crippen molar-refractivity contribution in [1.82, 2.24) is 4.90 Å². The first-order valence-electron chi connectivity index (χ1n) is 8.01. The molecule has 3 nitrogen and oxygen atoms in total. The Morgan fingerprint density at radius 1 is 1.33 bits per heavy atom. The van der Waals surface area contributed by atoms with Crippen LogP contribution >= 0.6 is 0 Å². The number of hydrogen-bond donors (Lipinski definition) is 1. The van der Waals surface area contributed by atoms with Crippen LogP contribution in [0.5, 0.6) is 5.75 Å².